The molecular weight excluding hydrogens is 206 g/mol. The average Bonchev–Trinajstić information content (AvgIpc) is 2.90. The molecule has 0 radical (unpaired) electrons. The lowest BCUT2D eigenvalue weighted by atomic mass is 10.0. The summed E-state index contributed by atoms with van der Waals surface area (Å²) < 4.78 is 7.37. The largest absolute Gasteiger partial charge is 0.378 e. The summed E-state index contributed by atoms with van der Waals surface area (Å²) in [5.74, 6) is 6.50. The maximum Gasteiger partial charge on any atom is 0.138 e. The van der Waals surface area contributed by atoms with E-state index in [9.17, 15) is 0 Å². The smallest absolute Gasteiger partial charge is 0.138 e. The monoisotopic (exact) mass is 225 g/mol. The third kappa shape index (κ3) is 2.78. The predicted molar refractivity (Wildman–Crippen MR) is 59.4 cm³/mol. The third-order valence-electron chi connectivity index (χ3n) is 3.04. The van der Waals surface area contributed by atoms with Gasteiger partial charge in [0.05, 0.1) is 6.10 Å². The lowest BCUT2D eigenvalue weighted by Gasteiger charge is -2.18. The van der Waals surface area contributed by atoms with E-state index in [0.717, 1.165) is 38.1 Å². The van der Waals surface area contributed by atoms with Crippen LogP contribution in [0.4, 0.5) is 0 Å². The van der Waals surface area contributed by atoms with Crippen LogP contribution in [0.1, 0.15) is 25.1 Å². The lowest BCUT2D eigenvalue weighted by molar-refractivity contribution is 0.0943. The first-order valence-corrected chi connectivity index (χ1v) is 5.70. The van der Waals surface area contributed by atoms with Gasteiger partial charge in [-0.3, -0.25) is 16.0 Å². The molecule has 1 aliphatic rings. The minimum absolute atomic E-state index is 0.200. The summed E-state index contributed by atoms with van der Waals surface area (Å²) in [6.45, 7) is 0.881. The van der Waals surface area contributed by atoms with E-state index < -0.39 is 0 Å². The van der Waals surface area contributed by atoms with E-state index in [2.05, 4.69) is 15.5 Å². The number of nitrogens with zero attached hydrogens (tertiary/aromatic N) is 3. The van der Waals surface area contributed by atoms with Gasteiger partial charge in [-0.1, -0.05) is 0 Å². The SMILES string of the molecule is Cn1ncnc1CC(CC1CCCO1)NN. The van der Waals surface area contributed by atoms with Gasteiger partial charge >= 0.3 is 0 Å². The van der Waals surface area contributed by atoms with Gasteiger partial charge in [-0.15, -0.1) is 0 Å². The quantitative estimate of drug-likeness (QED) is 0.534. The number of rotatable bonds is 5. The van der Waals surface area contributed by atoms with Crippen LogP contribution >= 0.6 is 0 Å². The first kappa shape index (κ1) is 11.5. The van der Waals surface area contributed by atoms with Crippen LogP contribution in [0.15, 0.2) is 6.33 Å². The zero-order chi connectivity index (χ0) is 11.4. The third-order valence-corrected chi connectivity index (χ3v) is 3.04. The molecule has 0 aliphatic carbocycles. The van der Waals surface area contributed by atoms with Crippen molar-refractivity contribution in [3.05, 3.63) is 12.2 Å². The van der Waals surface area contributed by atoms with Crippen molar-refractivity contribution in [1.82, 2.24) is 20.2 Å². The van der Waals surface area contributed by atoms with E-state index in [4.69, 9.17) is 10.6 Å². The Morgan fingerprint density at radius 2 is 2.62 bits per heavy atom. The summed E-state index contributed by atoms with van der Waals surface area (Å²) in [6.07, 6.45) is 5.92. The van der Waals surface area contributed by atoms with Crippen molar-refractivity contribution in [3.63, 3.8) is 0 Å². The summed E-state index contributed by atoms with van der Waals surface area (Å²) >= 11 is 0. The standard InChI is InChI=1S/C10H19N5O/c1-15-10(12-7-13-15)6-8(14-11)5-9-3-2-4-16-9/h7-9,14H,2-6,11H2,1H3. The van der Waals surface area contributed by atoms with Crippen molar-refractivity contribution in [2.45, 2.75) is 37.8 Å². The Morgan fingerprint density at radius 1 is 1.75 bits per heavy atom. The van der Waals surface area contributed by atoms with Crippen LogP contribution in [0, 0.1) is 0 Å². The molecule has 1 aromatic heterocycles. The summed E-state index contributed by atoms with van der Waals surface area (Å²) in [6, 6.07) is 0.200. The van der Waals surface area contributed by atoms with Crippen LogP contribution in [0.2, 0.25) is 0 Å². The molecule has 0 spiro atoms. The summed E-state index contributed by atoms with van der Waals surface area (Å²) in [7, 11) is 1.89. The number of aromatic nitrogens is 3. The number of nitrogens with two attached hydrogens (primary N) is 1. The van der Waals surface area contributed by atoms with Crippen LogP contribution in [-0.2, 0) is 18.2 Å². The van der Waals surface area contributed by atoms with Gasteiger partial charge in [0.2, 0.25) is 0 Å². The van der Waals surface area contributed by atoms with Gasteiger partial charge in [0.15, 0.2) is 0 Å². The molecule has 2 atom stereocenters. The Morgan fingerprint density at radius 3 is 3.19 bits per heavy atom. The number of hydrazine groups is 1. The van der Waals surface area contributed by atoms with E-state index >= 15 is 0 Å². The fourth-order valence-corrected chi connectivity index (χ4v) is 2.08. The van der Waals surface area contributed by atoms with Crippen molar-refractivity contribution < 1.29 is 4.74 Å². The van der Waals surface area contributed by atoms with Gasteiger partial charge < -0.3 is 4.74 Å². The molecule has 1 fully saturated rings. The van der Waals surface area contributed by atoms with Gasteiger partial charge in [-0.05, 0) is 19.3 Å². The highest BCUT2D eigenvalue weighted by atomic mass is 16.5. The van der Waals surface area contributed by atoms with Crippen molar-refractivity contribution in [1.29, 1.82) is 0 Å². The van der Waals surface area contributed by atoms with Crippen LogP contribution < -0.4 is 11.3 Å². The Kier molecular flexibility index (Phi) is 3.87. The summed E-state index contributed by atoms with van der Waals surface area (Å²) in [5.41, 5.74) is 2.83. The second-order valence-corrected chi connectivity index (χ2v) is 4.24. The van der Waals surface area contributed by atoms with Crippen molar-refractivity contribution in [2.75, 3.05) is 6.61 Å². The molecule has 2 rings (SSSR count). The topological polar surface area (TPSA) is 78.0 Å². The molecule has 0 bridgehead atoms. The molecule has 0 aromatic carbocycles. The number of ether oxygens (including phenoxy) is 1. The van der Waals surface area contributed by atoms with E-state index in [-0.39, 0.29) is 6.04 Å². The highest BCUT2D eigenvalue weighted by Crippen LogP contribution is 2.17. The number of aryl methyl sites for hydroxylation is 1. The minimum Gasteiger partial charge on any atom is -0.378 e. The molecular formula is C10H19N5O. The van der Waals surface area contributed by atoms with Gasteiger partial charge in [0.25, 0.3) is 0 Å². The maximum absolute atomic E-state index is 5.60. The fraction of sp³-hybridized carbons (Fsp3) is 0.800. The molecule has 90 valence electrons. The van der Waals surface area contributed by atoms with Gasteiger partial charge in [-0.25, -0.2) is 4.98 Å². The Labute approximate surface area is 95.1 Å². The van der Waals surface area contributed by atoms with Crippen molar-refractivity contribution in [2.24, 2.45) is 12.9 Å². The van der Waals surface area contributed by atoms with E-state index in [1.165, 1.54) is 0 Å². The molecule has 1 saturated heterocycles. The van der Waals surface area contributed by atoms with Gasteiger partial charge in [0.1, 0.15) is 12.2 Å². The van der Waals surface area contributed by atoms with Crippen LogP contribution in [0.25, 0.3) is 0 Å². The predicted octanol–water partition coefficient (Wildman–Crippen LogP) is -0.241. The number of nitrogens with one attached hydrogen (secondary N) is 1. The number of hydrogen-bond donors (Lipinski definition) is 2. The second kappa shape index (κ2) is 5.38. The summed E-state index contributed by atoms with van der Waals surface area (Å²) in [5, 5.41) is 4.04. The molecule has 16 heavy (non-hydrogen) atoms. The Hall–Kier alpha value is -0.980. The molecule has 1 aromatic rings. The Balaban J connectivity index is 1.87. The maximum atomic E-state index is 5.60. The van der Waals surface area contributed by atoms with Crippen LogP contribution in [-0.4, -0.2) is 33.5 Å². The van der Waals surface area contributed by atoms with Crippen molar-refractivity contribution in [3.8, 4) is 0 Å². The van der Waals surface area contributed by atoms with Crippen molar-refractivity contribution >= 4 is 0 Å². The minimum atomic E-state index is 0.200. The average molecular weight is 225 g/mol. The first-order valence-electron chi connectivity index (χ1n) is 5.70. The fourth-order valence-electron chi connectivity index (χ4n) is 2.08. The van der Waals surface area contributed by atoms with E-state index in [0.29, 0.717) is 6.10 Å². The molecule has 1 aliphatic heterocycles. The lowest BCUT2D eigenvalue weighted by Crippen LogP contribution is -2.39. The van der Waals surface area contributed by atoms with Crippen LogP contribution in [0.5, 0.6) is 0 Å². The van der Waals surface area contributed by atoms with Gasteiger partial charge in [-0.2, -0.15) is 5.10 Å². The zero-order valence-electron chi connectivity index (χ0n) is 9.59. The van der Waals surface area contributed by atoms with E-state index in [1.54, 1.807) is 11.0 Å². The molecule has 6 heteroatoms. The zero-order valence-corrected chi connectivity index (χ0v) is 9.59. The highest BCUT2D eigenvalue weighted by Gasteiger charge is 2.21. The van der Waals surface area contributed by atoms with E-state index in [1.807, 2.05) is 7.05 Å². The Bertz CT molecular complexity index is 321. The summed E-state index contributed by atoms with van der Waals surface area (Å²) in [4.78, 5) is 4.19. The van der Waals surface area contributed by atoms with Gasteiger partial charge in [0, 0.05) is 26.1 Å². The normalized spacial score (nSPS) is 22.5. The van der Waals surface area contributed by atoms with Crippen LogP contribution in [0.3, 0.4) is 0 Å². The molecule has 0 saturated carbocycles. The second-order valence-electron chi connectivity index (χ2n) is 4.24. The molecule has 3 N–H and O–H groups in total. The number of hydrogen-bond acceptors (Lipinski definition) is 5. The molecule has 6 nitrogen and oxygen atoms in total. The molecule has 2 unspecified atom stereocenters. The molecule has 2 heterocycles. The molecule has 0 amide bonds. The highest BCUT2D eigenvalue weighted by molar-refractivity contribution is 4.89. The first-order chi connectivity index (χ1) is 7.79.